The molecule has 0 saturated carbocycles. The molecule has 1 fully saturated rings. The van der Waals surface area contributed by atoms with Crippen molar-refractivity contribution >= 4 is 27.5 Å². The average Bonchev–Trinajstić information content (AvgIpc) is 2.83. The van der Waals surface area contributed by atoms with Crippen molar-refractivity contribution in [3.8, 4) is 0 Å². The van der Waals surface area contributed by atoms with E-state index in [4.69, 9.17) is 5.73 Å². The predicted octanol–water partition coefficient (Wildman–Crippen LogP) is 3.19. The summed E-state index contributed by atoms with van der Waals surface area (Å²) in [7, 11) is 0. The Morgan fingerprint density at radius 2 is 2.00 bits per heavy atom. The molecule has 0 spiro atoms. The van der Waals surface area contributed by atoms with Crippen LogP contribution in [0.15, 0.2) is 12.1 Å². The topological polar surface area (TPSA) is 59.2 Å². The van der Waals surface area contributed by atoms with Gasteiger partial charge >= 0.3 is 6.18 Å². The summed E-state index contributed by atoms with van der Waals surface area (Å²) in [6, 6.07) is 2.45. The Kier molecular flexibility index (Phi) is 4.05. The van der Waals surface area contributed by atoms with Gasteiger partial charge in [-0.25, -0.2) is 4.98 Å². The van der Waals surface area contributed by atoms with Crippen LogP contribution in [0.25, 0.3) is 10.2 Å². The summed E-state index contributed by atoms with van der Waals surface area (Å²) in [6.07, 6.45) is -3.00. The van der Waals surface area contributed by atoms with Gasteiger partial charge in [0.05, 0.1) is 4.88 Å². The summed E-state index contributed by atoms with van der Waals surface area (Å²) in [4.78, 5) is 18.7. The molecule has 8 heteroatoms. The summed E-state index contributed by atoms with van der Waals surface area (Å²) in [5.74, 6) is -0.147. The molecule has 0 unspecified atom stereocenters. The first-order valence-electron chi connectivity index (χ1n) is 7.29. The van der Waals surface area contributed by atoms with E-state index < -0.39 is 11.9 Å². The van der Waals surface area contributed by atoms with E-state index in [0.29, 0.717) is 28.9 Å². The van der Waals surface area contributed by atoms with Crippen LogP contribution in [-0.2, 0) is 6.18 Å². The standard InChI is InChI=1S/C15H16F3N3OS/c1-8-10-2-3-11(15(16,17)18)20-13(10)23-12(8)14(22)21-6-4-9(19)5-7-21/h2-3,9H,4-7,19H2,1H3. The van der Waals surface area contributed by atoms with Crippen LogP contribution in [0.5, 0.6) is 0 Å². The summed E-state index contributed by atoms with van der Waals surface area (Å²) >= 11 is 1.02. The Labute approximate surface area is 135 Å². The van der Waals surface area contributed by atoms with Gasteiger partial charge in [0.1, 0.15) is 10.5 Å². The summed E-state index contributed by atoms with van der Waals surface area (Å²) in [6.45, 7) is 2.90. The molecule has 1 amide bonds. The fraction of sp³-hybridized carbons (Fsp3) is 0.467. The molecular weight excluding hydrogens is 327 g/mol. The number of carbonyl (C=O) groups excluding carboxylic acids is 1. The van der Waals surface area contributed by atoms with Crippen LogP contribution >= 0.6 is 11.3 Å². The lowest BCUT2D eigenvalue weighted by Crippen LogP contribution is -2.42. The van der Waals surface area contributed by atoms with Gasteiger partial charge < -0.3 is 10.6 Å². The molecule has 1 saturated heterocycles. The first kappa shape index (κ1) is 16.2. The van der Waals surface area contributed by atoms with Gasteiger partial charge in [0.25, 0.3) is 5.91 Å². The normalized spacial score (nSPS) is 17.0. The number of aryl methyl sites for hydroxylation is 1. The molecule has 124 valence electrons. The van der Waals surface area contributed by atoms with Gasteiger partial charge in [-0.1, -0.05) is 0 Å². The van der Waals surface area contributed by atoms with Crippen LogP contribution in [0, 0.1) is 6.92 Å². The highest BCUT2D eigenvalue weighted by molar-refractivity contribution is 7.20. The molecule has 23 heavy (non-hydrogen) atoms. The third-order valence-corrected chi connectivity index (χ3v) is 5.30. The Balaban J connectivity index is 1.95. The van der Waals surface area contributed by atoms with Crippen molar-refractivity contribution in [1.82, 2.24) is 9.88 Å². The molecule has 0 radical (unpaired) electrons. The second-order valence-electron chi connectivity index (χ2n) is 5.73. The molecule has 3 rings (SSSR count). The Hall–Kier alpha value is -1.67. The smallest absolute Gasteiger partial charge is 0.338 e. The number of halogens is 3. The third kappa shape index (κ3) is 3.05. The van der Waals surface area contributed by atoms with Crippen molar-refractivity contribution in [3.63, 3.8) is 0 Å². The lowest BCUT2D eigenvalue weighted by Gasteiger charge is -2.30. The van der Waals surface area contributed by atoms with Gasteiger partial charge in [0.15, 0.2) is 0 Å². The summed E-state index contributed by atoms with van der Waals surface area (Å²) in [5.41, 5.74) is 5.58. The molecule has 1 aliphatic heterocycles. The lowest BCUT2D eigenvalue weighted by atomic mass is 10.1. The van der Waals surface area contributed by atoms with Gasteiger partial charge in [-0.15, -0.1) is 11.3 Å². The highest BCUT2D eigenvalue weighted by Gasteiger charge is 2.33. The first-order chi connectivity index (χ1) is 10.8. The van der Waals surface area contributed by atoms with Crippen LogP contribution in [-0.4, -0.2) is 34.9 Å². The molecule has 4 nitrogen and oxygen atoms in total. The summed E-state index contributed by atoms with van der Waals surface area (Å²) < 4.78 is 38.3. The van der Waals surface area contributed by atoms with Crippen LogP contribution in [0.2, 0.25) is 0 Å². The molecule has 0 bridgehead atoms. The second kappa shape index (κ2) is 5.76. The zero-order chi connectivity index (χ0) is 16.8. The highest BCUT2D eigenvalue weighted by Crippen LogP contribution is 2.34. The number of aromatic nitrogens is 1. The van der Waals surface area contributed by atoms with Gasteiger partial charge in [0, 0.05) is 24.5 Å². The molecular formula is C15H16F3N3OS. The van der Waals surface area contributed by atoms with Gasteiger partial charge in [-0.3, -0.25) is 4.79 Å². The van der Waals surface area contributed by atoms with E-state index in [-0.39, 0.29) is 16.8 Å². The van der Waals surface area contributed by atoms with Crippen molar-refractivity contribution in [2.24, 2.45) is 5.73 Å². The Bertz CT molecular complexity index is 748. The SMILES string of the molecule is Cc1c(C(=O)N2CCC(N)CC2)sc2nc(C(F)(F)F)ccc12. The zero-order valence-electron chi connectivity index (χ0n) is 12.5. The van der Waals surface area contributed by atoms with Crippen molar-refractivity contribution in [2.45, 2.75) is 32.0 Å². The number of piperidine rings is 1. The predicted molar refractivity (Wildman–Crippen MR) is 82.5 cm³/mol. The van der Waals surface area contributed by atoms with E-state index in [1.807, 2.05) is 0 Å². The number of nitrogens with zero attached hydrogens (tertiary/aromatic N) is 2. The van der Waals surface area contributed by atoms with Crippen molar-refractivity contribution in [3.05, 3.63) is 28.3 Å². The molecule has 0 aliphatic carbocycles. The third-order valence-electron chi connectivity index (χ3n) is 4.12. The fourth-order valence-corrected chi connectivity index (χ4v) is 3.86. The first-order valence-corrected chi connectivity index (χ1v) is 8.11. The van der Waals surface area contributed by atoms with Gasteiger partial charge in [-0.05, 0) is 37.5 Å². The quantitative estimate of drug-likeness (QED) is 0.865. The number of hydrogen-bond donors (Lipinski definition) is 1. The van der Waals surface area contributed by atoms with Crippen LogP contribution in [0.1, 0.15) is 33.8 Å². The second-order valence-corrected chi connectivity index (χ2v) is 6.73. The van der Waals surface area contributed by atoms with Crippen molar-refractivity contribution in [2.75, 3.05) is 13.1 Å². The number of amides is 1. The van der Waals surface area contributed by atoms with Crippen LogP contribution < -0.4 is 5.73 Å². The maximum Gasteiger partial charge on any atom is 0.433 e. The number of carbonyl (C=O) groups is 1. The van der Waals surface area contributed by atoms with Crippen LogP contribution in [0.4, 0.5) is 13.2 Å². The molecule has 2 aromatic rings. The maximum atomic E-state index is 12.8. The number of alkyl halides is 3. The number of thiophene rings is 1. The van der Waals surface area contributed by atoms with Crippen molar-refractivity contribution < 1.29 is 18.0 Å². The van der Waals surface area contributed by atoms with Gasteiger partial charge in [0.2, 0.25) is 0 Å². The molecule has 2 aromatic heterocycles. The number of rotatable bonds is 1. The minimum Gasteiger partial charge on any atom is -0.338 e. The number of nitrogens with two attached hydrogens (primary N) is 1. The van der Waals surface area contributed by atoms with E-state index in [0.717, 1.165) is 30.2 Å². The molecule has 2 N–H and O–H groups in total. The number of fused-ring (bicyclic) bond motifs is 1. The van der Waals surface area contributed by atoms with Crippen LogP contribution in [0.3, 0.4) is 0 Å². The number of likely N-dealkylation sites (tertiary alicyclic amines) is 1. The molecule has 1 aliphatic rings. The minimum absolute atomic E-state index is 0.110. The van der Waals surface area contributed by atoms with Crippen molar-refractivity contribution in [1.29, 1.82) is 0 Å². The molecule has 0 aromatic carbocycles. The fourth-order valence-electron chi connectivity index (χ4n) is 2.71. The van der Waals surface area contributed by atoms with Gasteiger partial charge in [-0.2, -0.15) is 13.2 Å². The molecule has 3 heterocycles. The number of hydrogen-bond acceptors (Lipinski definition) is 4. The monoisotopic (exact) mass is 343 g/mol. The molecule has 0 atom stereocenters. The number of pyridine rings is 1. The van der Waals surface area contributed by atoms with E-state index >= 15 is 0 Å². The highest BCUT2D eigenvalue weighted by atomic mass is 32.1. The Morgan fingerprint density at radius 3 is 2.61 bits per heavy atom. The van der Waals surface area contributed by atoms with E-state index in [2.05, 4.69) is 4.98 Å². The zero-order valence-corrected chi connectivity index (χ0v) is 13.3. The lowest BCUT2D eigenvalue weighted by molar-refractivity contribution is -0.140. The minimum atomic E-state index is -4.49. The maximum absolute atomic E-state index is 12.8. The Morgan fingerprint density at radius 1 is 1.35 bits per heavy atom. The van der Waals surface area contributed by atoms with E-state index in [1.165, 1.54) is 6.07 Å². The van der Waals surface area contributed by atoms with E-state index in [9.17, 15) is 18.0 Å². The van der Waals surface area contributed by atoms with E-state index in [1.54, 1.807) is 11.8 Å². The average molecular weight is 343 g/mol. The largest absolute Gasteiger partial charge is 0.433 e. The summed E-state index contributed by atoms with van der Waals surface area (Å²) in [5, 5.41) is 0.597.